The van der Waals surface area contributed by atoms with E-state index in [2.05, 4.69) is 6.58 Å². The van der Waals surface area contributed by atoms with Crippen molar-refractivity contribution in [1.29, 1.82) is 0 Å². The number of hydrogen-bond acceptors (Lipinski definition) is 1. The van der Waals surface area contributed by atoms with E-state index in [9.17, 15) is 4.79 Å². The number of halogens is 1. The van der Waals surface area contributed by atoms with Gasteiger partial charge in [0.25, 0.3) is 5.91 Å². The fourth-order valence-electron chi connectivity index (χ4n) is 1.82. The molecule has 0 saturated heterocycles. The molecule has 0 spiro atoms. The molecule has 96 valence electrons. The molecule has 19 heavy (non-hydrogen) atoms. The first-order valence-electron chi connectivity index (χ1n) is 5.96. The first-order chi connectivity index (χ1) is 9.22. The maximum absolute atomic E-state index is 12.5. The molecule has 0 fully saturated rings. The molecule has 0 saturated carbocycles. The van der Waals surface area contributed by atoms with Crippen molar-refractivity contribution < 1.29 is 4.79 Å². The summed E-state index contributed by atoms with van der Waals surface area (Å²) < 4.78 is 0. The topological polar surface area (TPSA) is 20.3 Å². The molecule has 1 amide bonds. The predicted octanol–water partition coefficient (Wildman–Crippen LogP) is 4.17. The molecule has 2 rings (SSSR count). The van der Waals surface area contributed by atoms with Gasteiger partial charge in [0.05, 0.1) is 0 Å². The largest absolute Gasteiger partial charge is 0.305 e. The maximum Gasteiger partial charge on any atom is 0.258 e. The lowest BCUT2D eigenvalue weighted by atomic mass is 10.2. The van der Waals surface area contributed by atoms with Crippen LogP contribution in [0.2, 0.25) is 5.02 Å². The van der Waals surface area contributed by atoms with Crippen molar-refractivity contribution in [2.75, 3.05) is 11.4 Å². The molecule has 0 bridgehead atoms. The third kappa shape index (κ3) is 3.24. The van der Waals surface area contributed by atoms with Gasteiger partial charge in [0.1, 0.15) is 0 Å². The molecule has 0 radical (unpaired) electrons. The number of anilines is 1. The van der Waals surface area contributed by atoms with Crippen LogP contribution in [-0.2, 0) is 0 Å². The summed E-state index contributed by atoms with van der Waals surface area (Å²) in [6.07, 6.45) is 1.70. The van der Waals surface area contributed by atoms with Crippen molar-refractivity contribution in [3.63, 3.8) is 0 Å². The van der Waals surface area contributed by atoms with Crippen molar-refractivity contribution in [2.24, 2.45) is 0 Å². The Balaban J connectivity index is 2.35. The molecule has 0 heterocycles. The summed E-state index contributed by atoms with van der Waals surface area (Å²) in [7, 11) is 0. The highest BCUT2D eigenvalue weighted by molar-refractivity contribution is 6.31. The van der Waals surface area contributed by atoms with Crippen molar-refractivity contribution in [2.45, 2.75) is 0 Å². The number of benzene rings is 2. The Kier molecular flexibility index (Phi) is 4.37. The number of carbonyl (C=O) groups excluding carboxylic acids is 1. The lowest BCUT2D eigenvalue weighted by Gasteiger charge is -2.21. The van der Waals surface area contributed by atoms with Crippen molar-refractivity contribution in [3.8, 4) is 0 Å². The zero-order chi connectivity index (χ0) is 13.7. The van der Waals surface area contributed by atoms with Crippen LogP contribution in [0.4, 0.5) is 5.69 Å². The predicted molar refractivity (Wildman–Crippen MR) is 79.8 cm³/mol. The first kappa shape index (κ1) is 13.4. The van der Waals surface area contributed by atoms with Crippen LogP contribution in [0.5, 0.6) is 0 Å². The lowest BCUT2D eigenvalue weighted by Crippen LogP contribution is -2.30. The molecule has 0 aliphatic rings. The van der Waals surface area contributed by atoms with Gasteiger partial charge in [0, 0.05) is 22.8 Å². The van der Waals surface area contributed by atoms with E-state index in [1.807, 2.05) is 30.3 Å². The Morgan fingerprint density at radius 1 is 1.16 bits per heavy atom. The molecular formula is C16H14ClNO. The standard InChI is InChI=1S/C16H14ClNO/c1-2-11-18(15-10-6-9-14(17)12-15)16(19)13-7-4-3-5-8-13/h2-10,12H,1,11H2. The average Bonchev–Trinajstić information content (AvgIpc) is 2.45. The Morgan fingerprint density at radius 2 is 1.89 bits per heavy atom. The van der Waals surface area contributed by atoms with E-state index in [1.165, 1.54) is 0 Å². The summed E-state index contributed by atoms with van der Waals surface area (Å²) in [5.41, 5.74) is 1.41. The fraction of sp³-hybridized carbons (Fsp3) is 0.0625. The van der Waals surface area contributed by atoms with Crippen molar-refractivity contribution in [1.82, 2.24) is 0 Å². The van der Waals surface area contributed by atoms with Crippen LogP contribution in [0.15, 0.2) is 67.3 Å². The van der Waals surface area contributed by atoms with Gasteiger partial charge in [-0.3, -0.25) is 4.79 Å². The van der Waals surface area contributed by atoms with Gasteiger partial charge in [-0.15, -0.1) is 6.58 Å². The van der Waals surface area contributed by atoms with Gasteiger partial charge >= 0.3 is 0 Å². The van der Waals surface area contributed by atoms with Crippen LogP contribution in [0, 0.1) is 0 Å². The van der Waals surface area contributed by atoms with E-state index < -0.39 is 0 Å². The summed E-state index contributed by atoms with van der Waals surface area (Å²) in [6.45, 7) is 4.14. The van der Waals surface area contributed by atoms with Crippen molar-refractivity contribution in [3.05, 3.63) is 77.8 Å². The SMILES string of the molecule is C=CCN(C(=O)c1ccccc1)c1cccc(Cl)c1. The van der Waals surface area contributed by atoms with Gasteiger partial charge in [0.15, 0.2) is 0 Å². The maximum atomic E-state index is 12.5. The summed E-state index contributed by atoms with van der Waals surface area (Å²) in [4.78, 5) is 14.1. The number of amides is 1. The molecule has 0 N–H and O–H groups in total. The summed E-state index contributed by atoms with van der Waals surface area (Å²) >= 11 is 5.98. The Bertz CT molecular complexity index is 580. The number of nitrogens with zero attached hydrogens (tertiary/aromatic N) is 1. The molecule has 0 atom stereocenters. The van der Waals surface area contributed by atoms with Crippen LogP contribution in [0.25, 0.3) is 0 Å². The number of rotatable bonds is 4. The first-order valence-corrected chi connectivity index (χ1v) is 6.33. The normalized spacial score (nSPS) is 9.95. The van der Waals surface area contributed by atoms with Gasteiger partial charge in [-0.2, -0.15) is 0 Å². The van der Waals surface area contributed by atoms with Crippen molar-refractivity contribution >= 4 is 23.2 Å². The minimum Gasteiger partial charge on any atom is -0.305 e. The minimum absolute atomic E-state index is 0.0669. The molecule has 2 nitrogen and oxygen atoms in total. The Morgan fingerprint density at radius 3 is 2.53 bits per heavy atom. The van der Waals surface area contributed by atoms with Crippen LogP contribution < -0.4 is 4.90 Å². The second-order valence-electron chi connectivity index (χ2n) is 4.05. The Labute approximate surface area is 117 Å². The summed E-state index contributed by atoms with van der Waals surface area (Å²) in [6, 6.07) is 16.4. The van der Waals surface area contributed by atoms with E-state index in [0.717, 1.165) is 5.69 Å². The molecule has 0 aliphatic carbocycles. The molecule has 2 aromatic carbocycles. The van der Waals surface area contributed by atoms with Gasteiger partial charge in [-0.1, -0.05) is 41.9 Å². The van der Waals surface area contributed by atoms with E-state index in [4.69, 9.17) is 11.6 Å². The highest BCUT2D eigenvalue weighted by Gasteiger charge is 2.16. The smallest absolute Gasteiger partial charge is 0.258 e. The van der Waals surface area contributed by atoms with E-state index in [1.54, 1.807) is 35.2 Å². The number of hydrogen-bond donors (Lipinski definition) is 0. The zero-order valence-electron chi connectivity index (χ0n) is 10.4. The second kappa shape index (κ2) is 6.21. The average molecular weight is 272 g/mol. The Hall–Kier alpha value is -2.06. The highest BCUT2D eigenvalue weighted by atomic mass is 35.5. The van der Waals surface area contributed by atoms with Crippen LogP contribution in [0.1, 0.15) is 10.4 Å². The fourth-order valence-corrected chi connectivity index (χ4v) is 2.00. The molecule has 0 aliphatic heterocycles. The second-order valence-corrected chi connectivity index (χ2v) is 4.49. The molecule has 2 aromatic rings. The quantitative estimate of drug-likeness (QED) is 0.764. The van der Waals surface area contributed by atoms with Gasteiger partial charge in [-0.25, -0.2) is 0 Å². The van der Waals surface area contributed by atoms with E-state index in [-0.39, 0.29) is 5.91 Å². The summed E-state index contributed by atoms with van der Waals surface area (Å²) in [5.74, 6) is -0.0669. The number of carbonyl (C=O) groups is 1. The molecule has 3 heteroatoms. The molecule has 0 aromatic heterocycles. The minimum atomic E-state index is -0.0669. The van der Waals surface area contributed by atoms with E-state index in [0.29, 0.717) is 17.1 Å². The van der Waals surface area contributed by atoms with Crippen LogP contribution >= 0.6 is 11.6 Å². The third-order valence-electron chi connectivity index (χ3n) is 2.70. The van der Waals surface area contributed by atoms with Crippen LogP contribution in [0.3, 0.4) is 0 Å². The molecule has 0 unspecified atom stereocenters. The third-order valence-corrected chi connectivity index (χ3v) is 2.93. The highest BCUT2D eigenvalue weighted by Crippen LogP contribution is 2.21. The molecular weight excluding hydrogens is 258 g/mol. The van der Waals surface area contributed by atoms with E-state index >= 15 is 0 Å². The monoisotopic (exact) mass is 271 g/mol. The van der Waals surface area contributed by atoms with Gasteiger partial charge < -0.3 is 4.90 Å². The van der Waals surface area contributed by atoms with Gasteiger partial charge in [0.2, 0.25) is 0 Å². The lowest BCUT2D eigenvalue weighted by molar-refractivity contribution is 0.0989. The zero-order valence-corrected chi connectivity index (χ0v) is 11.2. The van der Waals surface area contributed by atoms with Gasteiger partial charge in [-0.05, 0) is 30.3 Å². The summed E-state index contributed by atoms with van der Waals surface area (Å²) in [5, 5.41) is 0.604. The van der Waals surface area contributed by atoms with Crippen LogP contribution in [-0.4, -0.2) is 12.5 Å².